The lowest BCUT2D eigenvalue weighted by Gasteiger charge is -2.34. The zero-order valence-corrected chi connectivity index (χ0v) is 18.6. The minimum absolute atomic E-state index is 0.115. The van der Waals surface area contributed by atoms with Crippen molar-refractivity contribution in [2.75, 3.05) is 31.9 Å². The lowest BCUT2D eigenvalue weighted by molar-refractivity contribution is 0.154. The van der Waals surface area contributed by atoms with Gasteiger partial charge in [0.1, 0.15) is 6.04 Å². The second-order valence-electron chi connectivity index (χ2n) is 9.08. The van der Waals surface area contributed by atoms with E-state index in [9.17, 15) is 8.42 Å². The molecule has 1 saturated carbocycles. The molecule has 7 nitrogen and oxygen atoms in total. The Morgan fingerprint density at radius 3 is 2.31 bits per heavy atom. The lowest BCUT2D eigenvalue weighted by atomic mass is 9.88. The van der Waals surface area contributed by atoms with Crippen LogP contribution in [-0.4, -0.2) is 59.8 Å². The molecule has 2 saturated heterocycles. The topological polar surface area (TPSA) is 79.5 Å². The normalized spacial score (nSPS) is 26.7. The zero-order chi connectivity index (χ0) is 20.3. The molecule has 0 amide bonds. The summed E-state index contributed by atoms with van der Waals surface area (Å²) in [6.45, 7) is 5.68. The molecule has 164 valence electrons. The average molecular weight is 425 g/mol. The molecule has 2 aliphatic heterocycles. The van der Waals surface area contributed by atoms with Gasteiger partial charge in [-0.15, -0.1) is 10.2 Å². The number of piperidine rings is 2. The first-order chi connectivity index (χ1) is 14.1. The highest BCUT2D eigenvalue weighted by molar-refractivity contribution is 7.89. The monoisotopic (exact) mass is 424 g/mol. The largest absolute Gasteiger partial charge is 0.423 e. The van der Waals surface area contributed by atoms with E-state index in [1.807, 2.05) is 0 Å². The van der Waals surface area contributed by atoms with Crippen molar-refractivity contribution in [1.82, 2.24) is 19.4 Å². The Balaban J connectivity index is 1.35. The Morgan fingerprint density at radius 2 is 1.59 bits per heavy atom. The van der Waals surface area contributed by atoms with Crippen LogP contribution in [0.15, 0.2) is 4.42 Å². The summed E-state index contributed by atoms with van der Waals surface area (Å²) in [6.07, 6.45) is 11.8. The molecule has 1 aliphatic carbocycles. The van der Waals surface area contributed by atoms with Gasteiger partial charge < -0.3 is 9.32 Å². The van der Waals surface area contributed by atoms with Gasteiger partial charge in [-0.25, -0.2) is 8.42 Å². The maximum atomic E-state index is 12.5. The molecule has 1 unspecified atom stereocenters. The summed E-state index contributed by atoms with van der Waals surface area (Å²) in [7, 11) is -3.26. The molecular formula is C21H36N4O3S. The first kappa shape index (κ1) is 21.2. The second kappa shape index (κ2) is 9.43. The third-order valence-corrected chi connectivity index (χ3v) is 8.98. The van der Waals surface area contributed by atoms with Crippen LogP contribution in [0.2, 0.25) is 0 Å². The van der Waals surface area contributed by atoms with Crippen molar-refractivity contribution in [2.45, 2.75) is 83.1 Å². The van der Waals surface area contributed by atoms with Crippen LogP contribution in [0.3, 0.4) is 0 Å². The fraction of sp³-hybridized carbons (Fsp3) is 0.905. The van der Waals surface area contributed by atoms with E-state index in [-0.39, 0.29) is 11.8 Å². The Morgan fingerprint density at radius 1 is 0.897 bits per heavy atom. The first-order valence-corrected chi connectivity index (χ1v) is 13.2. The molecule has 1 aromatic rings. The summed E-state index contributed by atoms with van der Waals surface area (Å²) in [6, 6.07) is -0.290. The predicted octanol–water partition coefficient (Wildman–Crippen LogP) is 3.71. The van der Waals surface area contributed by atoms with Gasteiger partial charge in [-0.05, 0) is 64.5 Å². The van der Waals surface area contributed by atoms with Gasteiger partial charge in [0.15, 0.2) is 0 Å². The van der Waals surface area contributed by atoms with Crippen molar-refractivity contribution in [3.05, 3.63) is 11.8 Å². The third-order valence-electron chi connectivity index (χ3n) is 7.10. The number of sulfonamides is 1. The fourth-order valence-electron chi connectivity index (χ4n) is 5.29. The van der Waals surface area contributed by atoms with Crippen molar-refractivity contribution in [1.29, 1.82) is 0 Å². The van der Waals surface area contributed by atoms with E-state index in [4.69, 9.17) is 4.42 Å². The Kier molecular flexibility index (Phi) is 6.91. The number of rotatable bonds is 6. The van der Waals surface area contributed by atoms with Crippen molar-refractivity contribution in [3.63, 3.8) is 0 Å². The molecule has 1 atom stereocenters. The van der Waals surface area contributed by atoms with E-state index < -0.39 is 10.0 Å². The smallest absolute Gasteiger partial charge is 0.234 e. The Hall–Kier alpha value is -0.990. The third kappa shape index (κ3) is 5.02. The molecule has 4 rings (SSSR count). The second-order valence-corrected chi connectivity index (χ2v) is 11.3. The first-order valence-electron chi connectivity index (χ1n) is 11.6. The number of aromatic nitrogens is 2. The highest BCUT2D eigenvalue weighted by Crippen LogP contribution is 2.35. The number of hydrogen-bond acceptors (Lipinski definition) is 6. The number of likely N-dealkylation sites (tertiary alicyclic amines) is 1. The summed E-state index contributed by atoms with van der Waals surface area (Å²) in [5.74, 6) is 2.49. The molecule has 3 aliphatic rings. The Labute approximate surface area is 175 Å². The van der Waals surface area contributed by atoms with Gasteiger partial charge in [-0.1, -0.05) is 25.7 Å². The molecule has 8 heteroatoms. The lowest BCUT2D eigenvalue weighted by Crippen LogP contribution is -2.39. The maximum absolute atomic E-state index is 12.5. The molecule has 1 aromatic heterocycles. The van der Waals surface area contributed by atoms with Gasteiger partial charge in [0.05, 0.1) is 5.75 Å². The van der Waals surface area contributed by atoms with E-state index in [1.165, 1.54) is 38.6 Å². The molecule has 0 radical (unpaired) electrons. The standard InChI is InChI=1S/C21H36N4O3S/c1-2-29(26,27)25-13-7-6-10-19(25)21-23-22-20(28-21)18-11-14-24(15-12-18)16-17-8-4-3-5-9-17/h17-19H,2-16H2,1H3. The van der Waals surface area contributed by atoms with E-state index in [1.54, 1.807) is 11.2 Å². The fourth-order valence-corrected chi connectivity index (χ4v) is 6.62. The molecule has 3 heterocycles. The number of hydrogen-bond donors (Lipinski definition) is 0. The summed E-state index contributed by atoms with van der Waals surface area (Å²) in [5, 5.41) is 8.63. The van der Waals surface area contributed by atoms with Crippen LogP contribution in [0.4, 0.5) is 0 Å². The minimum Gasteiger partial charge on any atom is -0.423 e. The summed E-state index contributed by atoms with van der Waals surface area (Å²) in [4.78, 5) is 2.61. The van der Waals surface area contributed by atoms with Crippen LogP contribution in [-0.2, 0) is 10.0 Å². The Bertz CT molecular complexity index is 752. The quantitative estimate of drug-likeness (QED) is 0.693. The van der Waals surface area contributed by atoms with Crippen molar-refractivity contribution in [3.8, 4) is 0 Å². The van der Waals surface area contributed by atoms with Crippen molar-refractivity contribution >= 4 is 10.0 Å². The molecule has 0 N–H and O–H groups in total. The van der Waals surface area contributed by atoms with Gasteiger partial charge >= 0.3 is 0 Å². The molecule has 3 fully saturated rings. The van der Waals surface area contributed by atoms with Crippen LogP contribution in [0.25, 0.3) is 0 Å². The van der Waals surface area contributed by atoms with Crippen LogP contribution >= 0.6 is 0 Å². The SMILES string of the molecule is CCS(=O)(=O)N1CCCCC1c1nnc(C2CCN(CC3CCCCC3)CC2)o1. The van der Waals surface area contributed by atoms with Crippen LogP contribution in [0.5, 0.6) is 0 Å². The maximum Gasteiger partial charge on any atom is 0.234 e. The summed E-state index contributed by atoms with van der Waals surface area (Å²) >= 11 is 0. The molecule has 29 heavy (non-hydrogen) atoms. The number of nitrogens with zero attached hydrogens (tertiary/aromatic N) is 4. The van der Waals surface area contributed by atoms with Gasteiger partial charge in [-0.3, -0.25) is 0 Å². The molecular weight excluding hydrogens is 388 g/mol. The minimum atomic E-state index is -3.26. The van der Waals surface area contributed by atoms with Gasteiger partial charge in [0.25, 0.3) is 0 Å². The predicted molar refractivity (Wildman–Crippen MR) is 112 cm³/mol. The van der Waals surface area contributed by atoms with Gasteiger partial charge in [0, 0.05) is 19.0 Å². The van der Waals surface area contributed by atoms with Crippen LogP contribution in [0, 0.1) is 5.92 Å². The average Bonchev–Trinajstić information content (AvgIpc) is 3.25. The highest BCUT2D eigenvalue weighted by atomic mass is 32.2. The molecule has 0 bridgehead atoms. The molecule has 0 aromatic carbocycles. The van der Waals surface area contributed by atoms with E-state index in [0.717, 1.165) is 51.1 Å². The molecule has 0 spiro atoms. The van der Waals surface area contributed by atoms with Crippen LogP contribution < -0.4 is 0 Å². The van der Waals surface area contributed by atoms with Crippen LogP contribution in [0.1, 0.15) is 94.9 Å². The van der Waals surface area contributed by atoms with Crippen molar-refractivity contribution in [2.24, 2.45) is 5.92 Å². The highest BCUT2D eigenvalue weighted by Gasteiger charge is 2.36. The van der Waals surface area contributed by atoms with E-state index in [2.05, 4.69) is 15.1 Å². The summed E-state index contributed by atoms with van der Waals surface area (Å²) in [5.41, 5.74) is 0. The van der Waals surface area contributed by atoms with Gasteiger partial charge in [0.2, 0.25) is 21.8 Å². The zero-order valence-electron chi connectivity index (χ0n) is 17.8. The van der Waals surface area contributed by atoms with E-state index >= 15 is 0 Å². The van der Waals surface area contributed by atoms with E-state index in [0.29, 0.717) is 24.2 Å². The van der Waals surface area contributed by atoms with Gasteiger partial charge in [-0.2, -0.15) is 4.31 Å². The summed E-state index contributed by atoms with van der Waals surface area (Å²) < 4.78 is 32.6. The van der Waals surface area contributed by atoms with Crippen molar-refractivity contribution < 1.29 is 12.8 Å².